The van der Waals surface area contributed by atoms with E-state index in [-0.39, 0.29) is 0 Å². The molecule has 0 bridgehead atoms. The predicted octanol–water partition coefficient (Wildman–Crippen LogP) is 2.28. The van der Waals surface area contributed by atoms with Crippen molar-refractivity contribution in [3.8, 4) is 11.3 Å². The molecule has 0 unspecified atom stereocenters. The normalized spacial score (nSPS) is 10.4. The zero-order valence-electron chi connectivity index (χ0n) is 8.33. The number of anilines is 1. The van der Waals surface area contributed by atoms with Crippen LogP contribution in [0.4, 0.5) is 5.69 Å². The second-order valence-corrected chi connectivity index (χ2v) is 3.47. The van der Waals surface area contributed by atoms with E-state index in [1.807, 2.05) is 6.07 Å². The van der Waals surface area contributed by atoms with E-state index in [0.717, 1.165) is 11.3 Å². The summed E-state index contributed by atoms with van der Waals surface area (Å²) in [7, 11) is 0. The van der Waals surface area contributed by atoms with Gasteiger partial charge in [-0.2, -0.15) is 5.10 Å². The van der Waals surface area contributed by atoms with Gasteiger partial charge in [0, 0.05) is 5.56 Å². The number of aromatic nitrogens is 2. The molecule has 3 nitrogen and oxygen atoms in total. The van der Waals surface area contributed by atoms with E-state index in [4.69, 9.17) is 5.73 Å². The molecule has 1 aromatic heterocycles. The SMILES string of the molecule is Cc1cccc(C)c1-c1[nH]ncc1N. The summed E-state index contributed by atoms with van der Waals surface area (Å²) in [6.45, 7) is 4.14. The topological polar surface area (TPSA) is 54.7 Å². The van der Waals surface area contributed by atoms with Crippen LogP contribution >= 0.6 is 0 Å². The quantitative estimate of drug-likeness (QED) is 0.719. The predicted molar refractivity (Wildman–Crippen MR) is 57.9 cm³/mol. The van der Waals surface area contributed by atoms with Gasteiger partial charge in [-0.15, -0.1) is 0 Å². The number of aryl methyl sites for hydroxylation is 2. The molecule has 2 aromatic rings. The second-order valence-electron chi connectivity index (χ2n) is 3.47. The van der Waals surface area contributed by atoms with Crippen molar-refractivity contribution in [2.75, 3.05) is 5.73 Å². The third-order valence-corrected chi connectivity index (χ3v) is 2.40. The first-order valence-corrected chi connectivity index (χ1v) is 4.55. The molecule has 0 spiro atoms. The first-order chi connectivity index (χ1) is 6.70. The van der Waals surface area contributed by atoms with E-state index in [9.17, 15) is 0 Å². The van der Waals surface area contributed by atoms with Crippen molar-refractivity contribution in [1.29, 1.82) is 0 Å². The van der Waals surface area contributed by atoms with Crippen LogP contribution in [-0.2, 0) is 0 Å². The van der Waals surface area contributed by atoms with E-state index in [0.29, 0.717) is 5.69 Å². The number of H-pyrrole nitrogens is 1. The van der Waals surface area contributed by atoms with E-state index < -0.39 is 0 Å². The van der Waals surface area contributed by atoms with E-state index >= 15 is 0 Å². The summed E-state index contributed by atoms with van der Waals surface area (Å²) in [5, 5.41) is 6.86. The van der Waals surface area contributed by atoms with Gasteiger partial charge in [0.1, 0.15) is 0 Å². The molecular formula is C11H13N3. The fraction of sp³-hybridized carbons (Fsp3) is 0.182. The Bertz CT molecular complexity index is 437. The number of nitrogens with two attached hydrogens (primary N) is 1. The maximum Gasteiger partial charge on any atom is 0.0885 e. The number of hydrogen-bond donors (Lipinski definition) is 2. The lowest BCUT2D eigenvalue weighted by Crippen LogP contribution is -1.92. The van der Waals surface area contributed by atoms with Crippen molar-refractivity contribution >= 4 is 5.69 Å². The van der Waals surface area contributed by atoms with E-state index in [1.165, 1.54) is 11.1 Å². The molecule has 1 aromatic carbocycles. The summed E-state index contributed by atoms with van der Waals surface area (Å²) in [6, 6.07) is 6.19. The number of benzene rings is 1. The Morgan fingerprint density at radius 3 is 2.36 bits per heavy atom. The van der Waals surface area contributed by atoms with Crippen LogP contribution in [-0.4, -0.2) is 10.2 Å². The molecule has 1 heterocycles. The Balaban J connectivity index is 2.68. The average Bonchev–Trinajstić information content (AvgIpc) is 2.52. The molecule has 0 aliphatic carbocycles. The van der Waals surface area contributed by atoms with Crippen LogP contribution < -0.4 is 5.73 Å². The molecule has 72 valence electrons. The molecule has 0 saturated carbocycles. The second kappa shape index (κ2) is 3.18. The minimum Gasteiger partial charge on any atom is -0.396 e. The van der Waals surface area contributed by atoms with Crippen molar-refractivity contribution in [2.45, 2.75) is 13.8 Å². The largest absolute Gasteiger partial charge is 0.396 e. The minimum atomic E-state index is 0.697. The van der Waals surface area contributed by atoms with E-state index in [2.05, 4.69) is 36.2 Å². The van der Waals surface area contributed by atoms with Gasteiger partial charge in [0.05, 0.1) is 17.6 Å². The summed E-state index contributed by atoms with van der Waals surface area (Å²) in [5.41, 5.74) is 11.0. The highest BCUT2D eigenvalue weighted by atomic mass is 15.1. The van der Waals surface area contributed by atoms with Crippen LogP contribution in [0.2, 0.25) is 0 Å². The molecule has 0 saturated heterocycles. The molecule has 0 amide bonds. The van der Waals surface area contributed by atoms with Gasteiger partial charge in [0.15, 0.2) is 0 Å². The highest BCUT2D eigenvalue weighted by Gasteiger charge is 2.09. The molecular weight excluding hydrogens is 174 g/mol. The third-order valence-electron chi connectivity index (χ3n) is 2.40. The standard InChI is InChI=1S/C11H13N3/c1-7-4-3-5-8(2)10(7)11-9(12)6-13-14-11/h3-6H,12H2,1-2H3,(H,13,14). The number of nitrogens with one attached hydrogen (secondary N) is 1. The molecule has 0 aliphatic heterocycles. The highest BCUT2D eigenvalue weighted by molar-refractivity contribution is 5.76. The summed E-state index contributed by atoms with van der Waals surface area (Å²) in [4.78, 5) is 0. The first-order valence-electron chi connectivity index (χ1n) is 4.55. The highest BCUT2D eigenvalue weighted by Crippen LogP contribution is 2.28. The molecule has 14 heavy (non-hydrogen) atoms. The van der Waals surface area contributed by atoms with Gasteiger partial charge in [-0.05, 0) is 25.0 Å². The molecule has 0 aliphatic rings. The number of rotatable bonds is 1. The Morgan fingerprint density at radius 1 is 1.21 bits per heavy atom. The Kier molecular flexibility index (Phi) is 2.00. The fourth-order valence-corrected chi connectivity index (χ4v) is 1.70. The minimum absolute atomic E-state index is 0.697. The number of aromatic amines is 1. The Labute approximate surface area is 83.0 Å². The average molecular weight is 187 g/mol. The van der Waals surface area contributed by atoms with Gasteiger partial charge >= 0.3 is 0 Å². The molecule has 0 radical (unpaired) electrons. The van der Waals surface area contributed by atoms with E-state index in [1.54, 1.807) is 6.20 Å². The maximum absolute atomic E-state index is 5.82. The van der Waals surface area contributed by atoms with Crippen molar-refractivity contribution in [3.05, 3.63) is 35.5 Å². The van der Waals surface area contributed by atoms with Crippen LogP contribution in [0.3, 0.4) is 0 Å². The van der Waals surface area contributed by atoms with Crippen LogP contribution in [0.15, 0.2) is 24.4 Å². The molecule has 0 atom stereocenters. The van der Waals surface area contributed by atoms with Gasteiger partial charge in [-0.25, -0.2) is 0 Å². The zero-order valence-corrected chi connectivity index (χ0v) is 8.33. The molecule has 2 rings (SSSR count). The van der Waals surface area contributed by atoms with Gasteiger partial charge in [0.25, 0.3) is 0 Å². The lowest BCUT2D eigenvalue weighted by atomic mass is 10.00. The third kappa shape index (κ3) is 1.27. The number of nitrogen functional groups attached to an aromatic ring is 1. The summed E-state index contributed by atoms with van der Waals surface area (Å²) in [5.74, 6) is 0. The fourth-order valence-electron chi connectivity index (χ4n) is 1.70. The first kappa shape index (κ1) is 8.81. The van der Waals surface area contributed by atoms with Crippen molar-refractivity contribution in [2.24, 2.45) is 0 Å². The molecule has 3 N–H and O–H groups in total. The van der Waals surface area contributed by atoms with Crippen LogP contribution in [0.5, 0.6) is 0 Å². The smallest absolute Gasteiger partial charge is 0.0885 e. The summed E-state index contributed by atoms with van der Waals surface area (Å²) < 4.78 is 0. The number of nitrogens with zero attached hydrogens (tertiary/aromatic N) is 1. The Hall–Kier alpha value is -1.77. The number of hydrogen-bond acceptors (Lipinski definition) is 2. The van der Waals surface area contributed by atoms with Gasteiger partial charge in [-0.1, -0.05) is 18.2 Å². The lowest BCUT2D eigenvalue weighted by Gasteiger charge is -2.07. The van der Waals surface area contributed by atoms with Gasteiger partial charge in [0.2, 0.25) is 0 Å². The van der Waals surface area contributed by atoms with Crippen molar-refractivity contribution in [3.63, 3.8) is 0 Å². The van der Waals surface area contributed by atoms with Gasteiger partial charge < -0.3 is 5.73 Å². The zero-order chi connectivity index (χ0) is 10.1. The van der Waals surface area contributed by atoms with Crippen molar-refractivity contribution < 1.29 is 0 Å². The van der Waals surface area contributed by atoms with Gasteiger partial charge in [-0.3, -0.25) is 5.10 Å². The maximum atomic E-state index is 5.82. The van der Waals surface area contributed by atoms with Crippen LogP contribution in [0.25, 0.3) is 11.3 Å². The van der Waals surface area contributed by atoms with Crippen LogP contribution in [0, 0.1) is 13.8 Å². The molecule has 0 fully saturated rings. The monoisotopic (exact) mass is 187 g/mol. The summed E-state index contributed by atoms with van der Waals surface area (Å²) in [6.07, 6.45) is 1.64. The summed E-state index contributed by atoms with van der Waals surface area (Å²) >= 11 is 0. The molecule has 3 heteroatoms. The van der Waals surface area contributed by atoms with Crippen LogP contribution in [0.1, 0.15) is 11.1 Å². The Morgan fingerprint density at radius 2 is 1.86 bits per heavy atom. The lowest BCUT2D eigenvalue weighted by molar-refractivity contribution is 1.09. The van der Waals surface area contributed by atoms with Crippen molar-refractivity contribution in [1.82, 2.24) is 10.2 Å².